The van der Waals surface area contributed by atoms with Crippen molar-refractivity contribution in [3.63, 3.8) is 0 Å². The highest BCUT2D eigenvalue weighted by Gasteiger charge is 2.31. The van der Waals surface area contributed by atoms with Crippen LogP contribution >= 0.6 is 11.6 Å². The molecule has 0 heterocycles. The highest BCUT2D eigenvalue weighted by Crippen LogP contribution is 2.30. The molecule has 0 N–H and O–H groups in total. The number of rotatable bonds is 5. The maximum atomic E-state index is 12.0. The molecule has 0 atom stereocenters. The summed E-state index contributed by atoms with van der Waals surface area (Å²) in [5, 5.41) is 0. The molecule has 1 saturated carbocycles. The summed E-state index contributed by atoms with van der Waals surface area (Å²) in [5.74, 6) is -0.695. The molecule has 1 fully saturated rings. The van der Waals surface area contributed by atoms with Gasteiger partial charge in [0.1, 0.15) is 6.61 Å². The Hall–Kier alpha value is -1.55. The molecule has 0 radical (unpaired) electrons. The van der Waals surface area contributed by atoms with Gasteiger partial charge in [0.25, 0.3) is 0 Å². The first-order valence-corrected chi connectivity index (χ1v) is 7.67. The average molecular weight is 311 g/mol. The van der Waals surface area contributed by atoms with Gasteiger partial charge < -0.3 is 9.47 Å². The predicted octanol–water partition coefficient (Wildman–Crippen LogP) is 3.28. The van der Waals surface area contributed by atoms with E-state index in [9.17, 15) is 9.59 Å². The molecule has 1 aromatic carbocycles. The number of ether oxygens (including phenoxy) is 2. The molecule has 5 heteroatoms. The monoisotopic (exact) mass is 310 g/mol. The Morgan fingerprint density at radius 3 is 2.00 bits per heavy atom. The van der Waals surface area contributed by atoms with Crippen LogP contribution in [0.5, 0.6) is 0 Å². The molecule has 0 saturated heterocycles. The van der Waals surface area contributed by atoms with Crippen LogP contribution in [0.1, 0.15) is 31.2 Å². The average Bonchev–Trinajstić information content (AvgIpc) is 2.54. The summed E-state index contributed by atoms with van der Waals surface area (Å²) in [5.41, 5.74) is 0.977. The number of hydrogen-bond donors (Lipinski definition) is 0. The molecule has 0 amide bonds. The Labute approximate surface area is 129 Å². The molecule has 4 nitrogen and oxygen atoms in total. The smallest absolute Gasteiger partial charge is 0.310 e. The minimum absolute atomic E-state index is 0.113. The molecule has 114 valence electrons. The van der Waals surface area contributed by atoms with E-state index in [1.165, 1.54) is 0 Å². The van der Waals surface area contributed by atoms with Crippen molar-refractivity contribution in [1.29, 1.82) is 0 Å². The lowest BCUT2D eigenvalue weighted by atomic mass is 9.82. The topological polar surface area (TPSA) is 52.6 Å². The molecule has 2 rings (SSSR count). The fourth-order valence-corrected chi connectivity index (χ4v) is 2.69. The number of hydrogen-bond acceptors (Lipinski definition) is 4. The second kappa shape index (κ2) is 8.03. The van der Waals surface area contributed by atoms with Gasteiger partial charge in [0.2, 0.25) is 0 Å². The summed E-state index contributed by atoms with van der Waals surface area (Å²) in [7, 11) is 0. The third-order valence-corrected chi connectivity index (χ3v) is 3.92. The van der Waals surface area contributed by atoms with E-state index in [2.05, 4.69) is 0 Å². The minimum Gasteiger partial charge on any atom is -0.461 e. The van der Waals surface area contributed by atoms with Gasteiger partial charge in [-0.3, -0.25) is 9.59 Å². The molecule has 21 heavy (non-hydrogen) atoms. The van der Waals surface area contributed by atoms with Crippen molar-refractivity contribution in [3.8, 4) is 0 Å². The first kappa shape index (κ1) is 15.8. The van der Waals surface area contributed by atoms with E-state index in [1.807, 2.05) is 30.3 Å². The summed E-state index contributed by atoms with van der Waals surface area (Å²) < 4.78 is 10.1. The molecule has 0 aliphatic heterocycles. The van der Waals surface area contributed by atoms with Crippen molar-refractivity contribution in [2.75, 3.05) is 6.07 Å². The summed E-state index contributed by atoms with van der Waals surface area (Å²) in [6, 6.07) is 9.48. The lowest BCUT2D eigenvalue weighted by Crippen LogP contribution is -2.28. The van der Waals surface area contributed by atoms with Crippen molar-refractivity contribution in [2.24, 2.45) is 11.8 Å². The maximum absolute atomic E-state index is 12.0. The van der Waals surface area contributed by atoms with Gasteiger partial charge in [0.05, 0.1) is 11.8 Å². The number of alkyl halides is 1. The Balaban J connectivity index is 1.74. The quantitative estimate of drug-likeness (QED) is 0.618. The van der Waals surface area contributed by atoms with E-state index < -0.39 is 0 Å². The molecule has 0 aromatic heterocycles. The van der Waals surface area contributed by atoms with Crippen LogP contribution in [-0.2, 0) is 25.7 Å². The number of carbonyl (C=O) groups is 2. The van der Waals surface area contributed by atoms with E-state index in [0.29, 0.717) is 32.3 Å². The molecular weight excluding hydrogens is 292 g/mol. The Bertz CT molecular complexity index is 466. The molecule has 1 aliphatic carbocycles. The molecular formula is C16H19ClO4. The maximum Gasteiger partial charge on any atom is 0.310 e. The molecule has 0 unspecified atom stereocenters. The second-order valence-corrected chi connectivity index (χ2v) is 5.43. The Morgan fingerprint density at radius 2 is 1.48 bits per heavy atom. The molecule has 0 spiro atoms. The number of esters is 2. The number of halogens is 1. The number of benzene rings is 1. The SMILES string of the molecule is O=C(OCCl)[C@H]1CC[C@H](C(=O)OCc2ccccc2)CC1. The van der Waals surface area contributed by atoms with Crippen molar-refractivity contribution in [1.82, 2.24) is 0 Å². The highest BCUT2D eigenvalue weighted by molar-refractivity contribution is 6.17. The van der Waals surface area contributed by atoms with E-state index in [4.69, 9.17) is 21.1 Å². The first-order valence-electron chi connectivity index (χ1n) is 7.14. The molecule has 1 aromatic rings. The van der Waals surface area contributed by atoms with Crippen molar-refractivity contribution >= 4 is 23.5 Å². The van der Waals surface area contributed by atoms with Gasteiger partial charge in [-0.1, -0.05) is 41.9 Å². The number of carbonyl (C=O) groups excluding carboxylic acids is 2. The first-order chi connectivity index (χ1) is 10.2. The third-order valence-electron chi connectivity index (χ3n) is 3.81. The van der Waals surface area contributed by atoms with Crippen LogP contribution in [0.15, 0.2) is 30.3 Å². The van der Waals surface area contributed by atoms with E-state index in [1.54, 1.807) is 0 Å². The fourth-order valence-electron chi connectivity index (χ4n) is 2.58. The minimum atomic E-state index is -0.263. The highest BCUT2D eigenvalue weighted by atomic mass is 35.5. The van der Waals surface area contributed by atoms with Gasteiger partial charge in [-0.25, -0.2) is 0 Å². The van der Waals surface area contributed by atoms with Crippen LogP contribution in [0.2, 0.25) is 0 Å². The van der Waals surface area contributed by atoms with Crippen molar-refractivity contribution in [2.45, 2.75) is 32.3 Å². The lowest BCUT2D eigenvalue weighted by Gasteiger charge is -2.25. The zero-order chi connectivity index (χ0) is 15.1. The van der Waals surface area contributed by atoms with Gasteiger partial charge in [-0.05, 0) is 31.2 Å². The Kier molecular flexibility index (Phi) is 6.05. The molecule has 1 aliphatic rings. The van der Waals surface area contributed by atoms with Crippen LogP contribution in [0.4, 0.5) is 0 Å². The third kappa shape index (κ3) is 4.74. The van der Waals surface area contributed by atoms with Crippen LogP contribution in [0.3, 0.4) is 0 Å². The van der Waals surface area contributed by atoms with Crippen molar-refractivity contribution < 1.29 is 19.1 Å². The van der Waals surface area contributed by atoms with Gasteiger partial charge in [0, 0.05) is 0 Å². The summed E-state index contributed by atoms with van der Waals surface area (Å²) in [4.78, 5) is 23.6. The van der Waals surface area contributed by atoms with Gasteiger partial charge >= 0.3 is 11.9 Å². The van der Waals surface area contributed by atoms with E-state index in [0.717, 1.165) is 5.56 Å². The van der Waals surface area contributed by atoms with Crippen LogP contribution in [0, 0.1) is 11.8 Å². The van der Waals surface area contributed by atoms with Crippen LogP contribution < -0.4 is 0 Å². The zero-order valence-corrected chi connectivity index (χ0v) is 12.6. The summed E-state index contributed by atoms with van der Waals surface area (Å²) in [6.45, 7) is 0.299. The van der Waals surface area contributed by atoms with Gasteiger partial charge in [-0.2, -0.15) is 0 Å². The van der Waals surface area contributed by atoms with Crippen molar-refractivity contribution in [3.05, 3.63) is 35.9 Å². The fraction of sp³-hybridized carbons (Fsp3) is 0.500. The lowest BCUT2D eigenvalue weighted by molar-refractivity contribution is -0.155. The largest absolute Gasteiger partial charge is 0.461 e. The van der Waals surface area contributed by atoms with Gasteiger partial charge in [0.15, 0.2) is 6.07 Å². The van der Waals surface area contributed by atoms with Crippen LogP contribution in [0.25, 0.3) is 0 Å². The van der Waals surface area contributed by atoms with Crippen LogP contribution in [-0.4, -0.2) is 18.0 Å². The van der Waals surface area contributed by atoms with E-state index in [-0.39, 0.29) is 29.8 Å². The summed E-state index contributed by atoms with van der Waals surface area (Å²) in [6.07, 6.45) is 2.63. The normalized spacial score (nSPS) is 21.6. The predicted molar refractivity (Wildman–Crippen MR) is 78.5 cm³/mol. The Morgan fingerprint density at radius 1 is 0.952 bits per heavy atom. The zero-order valence-electron chi connectivity index (χ0n) is 11.8. The van der Waals surface area contributed by atoms with E-state index >= 15 is 0 Å². The second-order valence-electron chi connectivity index (χ2n) is 5.21. The standard InChI is InChI=1S/C16H19ClO4/c17-11-21-16(19)14-8-6-13(7-9-14)15(18)20-10-12-4-2-1-3-5-12/h1-5,13-14H,6-11H2/t13-,14-. The molecule has 0 bridgehead atoms. The summed E-state index contributed by atoms with van der Waals surface area (Å²) >= 11 is 5.38. The van der Waals surface area contributed by atoms with Gasteiger partial charge in [-0.15, -0.1) is 0 Å².